The van der Waals surface area contributed by atoms with Crippen LogP contribution in [0.15, 0.2) is 18.3 Å². The molecule has 6 heteroatoms. The highest BCUT2D eigenvalue weighted by Gasteiger charge is 2.22. The minimum absolute atomic E-state index is 0.0654. The number of nitrogens with one attached hydrogen (secondary N) is 1. The van der Waals surface area contributed by atoms with E-state index in [0.717, 1.165) is 12.2 Å². The van der Waals surface area contributed by atoms with Gasteiger partial charge in [0.05, 0.1) is 18.4 Å². The lowest BCUT2D eigenvalue weighted by Gasteiger charge is -2.34. The largest absolute Gasteiger partial charge is 0.373 e. The Balaban J connectivity index is 2.04. The zero-order valence-electron chi connectivity index (χ0n) is 10.8. The highest BCUT2D eigenvalue weighted by Crippen LogP contribution is 2.20. The molecule has 100 valence electrons. The summed E-state index contributed by atoms with van der Waals surface area (Å²) in [4.78, 5) is 17.0. The Morgan fingerprint density at radius 1 is 1.74 bits per heavy atom. The summed E-state index contributed by atoms with van der Waals surface area (Å²) in [6, 6.07) is 5.79. The Labute approximate surface area is 112 Å². The maximum Gasteiger partial charge on any atom is 0.216 e. The van der Waals surface area contributed by atoms with Crippen molar-refractivity contribution in [3.8, 4) is 6.07 Å². The molecule has 1 atom stereocenters. The zero-order chi connectivity index (χ0) is 13.7. The van der Waals surface area contributed by atoms with Crippen LogP contribution in [0, 0.1) is 11.3 Å². The third-order valence-corrected chi connectivity index (χ3v) is 2.95. The van der Waals surface area contributed by atoms with Crippen LogP contribution in [0.5, 0.6) is 0 Å². The Morgan fingerprint density at radius 2 is 2.58 bits per heavy atom. The fourth-order valence-corrected chi connectivity index (χ4v) is 2.06. The molecule has 0 bridgehead atoms. The molecule has 1 aliphatic heterocycles. The SMILES string of the molecule is CC(=O)NCC1CN(c2cccnc2C#N)CCO1. The number of hydrogen-bond acceptors (Lipinski definition) is 5. The average molecular weight is 260 g/mol. The second-order valence-corrected chi connectivity index (χ2v) is 4.36. The van der Waals surface area contributed by atoms with Gasteiger partial charge in [-0.15, -0.1) is 0 Å². The molecule has 1 unspecified atom stereocenters. The molecule has 2 heterocycles. The smallest absolute Gasteiger partial charge is 0.216 e. The summed E-state index contributed by atoms with van der Waals surface area (Å²) in [6.07, 6.45) is 1.54. The summed E-state index contributed by atoms with van der Waals surface area (Å²) < 4.78 is 5.59. The van der Waals surface area contributed by atoms with Crippen LogP contribution in [-0.4, -0.2) is 43.2 Å². The van der Waals surface area contributed by atoms with E-state index in [1.54, 1.807) is 6.20 Å². The summed E-state index contributed by atoms with van der Waals surface area (Å²) in [7, 11) is 0. The van der Waals surface area contributed by atoms with Crippen molar-refractivity contribution < 1.29 is 9.53 Å². The third kappa shape index (κ3) is 3.42. The quantitative estimate of drug-likeness (QED) is 0.845. The molecule has 0 aromatic carbocycles. The fourth-order valence-electron chi connectivity index (χ4n) is 2.06. The molecule has 0 saturated carbocycles. The van der Waals surface area contributed by atoms with Gasteiger partial charge in [0.25, 0.3) is 0 Å². The molecule has 1 saturated heterocycles. The van der Waals surface area contributed by atoms with Gasteiger partial charge in [-0.1, -0.05) is 0 Å². The van der Waals surface area contributed by atoms with Crippen molar-refractivity contribution >= 4 is 11.6 Å². The minimum atomic E-state index is -0.0696. The molecule has 1 amide bonds. The number of anilines is 1. The first-order valence-electron chi connectivity index (χ1n) is 6.17. The van der Waals surface area contributed by atoms with E-state index in [0.29, 0.717) is 25.4 Å². The summed E-state index contributed by atoms with van der Waals surface area (Å²) in [5.41, 5.74) is 1.24. The van der Waals surface area contributed by atoms with Crippen LogP contribution in [0.3, 0.4) is 0 Å². The van der Waals surface area contributed by atoms with Crippen molar-refractivity contribution in [1.82, 2.24) is 10.3 Å². The van der Waals surface area contributed by atoms with Crippen molar-refractivity contribution in [1.29, 1.82) is 5.26 Å². The number of rotatable bonds is 3. The van der Waals surface area contributed by atoms with Crippen LogP contribution in [0.4, 0.5) is 5.69 Å². The van der Waals surface area contributed by atoms with Crippen molar-refractivity contribution in [2.75, 3.05) is 31.1 Å². The van der Waals surface area contributed by atoms with Crippen molar-refractivity contribution in [2.24, 2.45) is 0 Å². The summed E-state index contributed by atoms with van der Waals surface area (Å²) in [5, 5.41) is 11.8. The lowest BCUT2D eigenvalue weighted by atomic mass is 10.2. The standard InChI is InChI=1S/C13H16N4O2/c1-10(18)16-8-11-9-17(5-6-19-11)13-3-2-4-15-12(13)7-14/h2-4,11H,5-6,8-9H2,1H3,(H,16,18). The number of aromatic nitrogens is 1. The Bertz CT molecular complexity index is 498. The first-order valence-corrected chi connectivity index (χ1v) is 6.17. The second-order valence-electron chi connectivity index (χ2n) is 4.36. The van der Waals surface area contributed by atoms with E-state index in [4.69, 9.17) is 10.00 Å². The summed E-state index contributed by atoms with van der Waals surface area (Å²) in [6.45, 7) is 3.89. The second kappa shape index (κ2) is 6.16. The number of morpholine rings is 1. The van der Waals surface area contributed by atoms with Crippen LogP contribution in [-0.2, 0) is 9.53 Å². The third-order valence-electron chi connectivity index (χ3n) is 2.95. The molecular weight excluding hydrogens is 244 g/mol. The normalized spacial score (nSPS) is 18.7. The van der Waals surface area contributed by atoms with Crippen LogP contribution >= 0.6 is 0 Å². The van der Waals surface area contributed by atoms with Crippen molar-refractivity contribution in [3.63, 3.8) is 0 Å². The van der Waals surface area contributed by atoms with Gasteiger partial charge < -0.3 is 15.0 Å². The number of pyridine rings is 1. The lowest BCUT2D eigenvalue weighted by Crippen LogP contribution is -2.47. The number of carbonyl (C=O) groups excluding carboxylic acids is 1. The Hall–Kier alpha value is -2.13. The molecule has 6 nitrogen and oxygen atoms in total. The van der Waals surface area contributed by atoms with Crippen LogP contribution < -0.4 is 10.2 Å². The van der Waals surface area contributed by atoms with Crippen molar-refractivity contribution in [2.45, 2.75) is 13.0 Å². The molecule has 2 rings (SSSR count). The number of nitriles is 1. The predicted molar refractivity (Wildman–Crippen MR) is 69.6 cm³/mol. The van der Waals surface area contributed by atoms with Gasteiger partial charge in [0, 0.05) is 32.8 Å². The van der Waals surface area contributed by atoms with Gasteiger partial charge in [-0.2, -0.15) is 5.26 Å². The maximum atomic E-state index is 10.9. The lowest BCUT2D eigenvalue weighted by molar-refractivity contribution is -0.119. The molecule has 1 aromatic heterocycles. The number of hydrogen-bond donors (Lipinski definition) is 1. The van der Waals surface area contributed by atoms with Gasteiger partial charge in [0.1, 0.15) is 6.07 Å². The highest BCUT2D eigenvalue weighted by atomic mass is 16.5. The molecule has 0 radical (unpaired) electrons. The number of nitrogens with zero attached hydrogens (tertiary/aromatic N) is 3. The Kier molecular flexibility index (Phi) is 4.31. The van der Waals surface area contributed by atoms with E-state index in [2.05, 4.69) is 21.3 Å². The average Bonchev–Trinajstić information content (AvgIpc) is 2.45. The first-order chi connectivity index (χ1) is 9.20. The van der Waals surface area contributed by atoms with E-state index < -0.39 is 0 Å². The number of ether oxygens (including phenoxy) is 1. The fraction of sp³-hybridized carbons (Fsp3) is 0.462. The number of carbonyl (C=O) groups is 1. The van der Waals surface area contributed by atoms with Gasteiger partial charge in [-0.05, 0) is 12.1 Å². The van der Waals surface area contributed by atoms with E-state index in [1.807, 2.05) is 12.1 Å². The van der Waals surface area contributed by atoms with E-state index >= 15 is 0 Å². The predicted octanol–water partition coefficient (Wildman–Crippen LogP) is 0.295. The molecule has 1 aliphatic rings. The molecule has 1 fully saturated rings. The molecule has 1 aromatic rings. The van der Waals surface area contributed by atoms with Crippen LogP contribution in [0.25, 0.3) is 0 Å². The number of amides is 1. The molecule has 0 spiro atoms. The maximum absolute atomic E-state index is 10.9. The Morgan fingerprint density at radius 3 is 3.32 bits per heavy atom. The summed E-state index contributed by atoms with van der Waals surface area (Å²) in [5.74, 6) is -0.0696. The molecular formula is C13H16N4O2. The van der Waals surface area contributed by atoms with E-state index in [9.17, 15) is 4.79 Å². The van der Waals surface area contributed by atoms with Crippen LogP contribution in [0.1, 0.15) is 12.6 Å². The van der Waals surface area contributed by atoms with Gasteiger partial charge in [0.15, 0.2) is 5.69 Å². The topological polar surface area (TPSA) is 78.3 Å². The van der Waals surface area contributed by atoms with Gasteiger partial charge in [0.2, 0.25) is 5.91 Å². The van der Waals surface area contributed by atoms with Gasteiger partial charge in [-0.3, -0.25) is 4.79 Å². The van der Waals surface area contributed by atoms with Crippen LogP contribution in [0.2, 0.25) is 0 Å². The molecule has 1 N–H and O–H groups in total. The summed E-state index contributed by atoms with van der Waals surface area (Å²) >= 11 is 0. The first kappa shape index (κ1) is 13.3. The molecule has 0 aliphatic carbocycles. The van der Waals surface area contributed by atoms with Crippen molar-refractivity contribution in [3.05, 3.63) is 24.0 Å². The van der Waals surface area contributed by atoms with E-state index in [1.165, 1.54) is 6.92 Å². The van der Waals surface area contributed by atoms with Gasteiger partial charge in [-0.25, -0.2) is 4.98 Å². The monoisotopic (exact) mass is 260 g/mol. The van der Waals surface area contributed by atoms with E-state index in [-0.39, 0.29) is 12.0 Å². The zero-order valence-corrected chi connectivity index (χ0v) is 10.8. The minimum Gasteiger partial charge on any atom is -0.373 e. The molecule has 19 heavy (non-hydrogen) atoms. The highest BCUT2D eigenvalue weighted by molar-refractivity contribution is 5.72. The van der Waals surface area contributed by atoms with Gasteiger partial charge >= 0.3 is 0 Å².